The molecule has 0 heterocycles. The van der Waals surface area contributed by atoms with Crippen molar-refractivity contribution in [2.24, 2.45) is 0 Å². The standard InChI is InChI=1S/C12H15BrN2O2S/c1-7-3-4-9(13)5-10(7)15-12(17)11(6-18)14-8(2)16/h3-5,11,18H,6H2,1-2H3,(H,14,16)(H,15,17). The van der Waals surface area contributed by atoms with Gasteiger partial charge in [-0.2, -0.15) is 12.6 Å². The lowest BCUT2D eigenvalue weighted by Crippen LogP contribution is -2.44. The van der Waals surface area contributed by atoms with Crippen molar-refractivity contribution in [3.05, 3.63) is 28.2 Å². The van der Waals surface area contributed by atoms with E-state index in [0.717, 1.165) is 10.0 Å². The molecule has 0 aliphatic heterocycles. The first kappa shape index (κ1) is 15.0. The summed E-state index contributed by atoms with van der Waals surface area (Å²) in [6.07, 6.45) is 0. The minimum atomic E-state index is -0.635. The minimum Gasteiger partial charge on any atom is -0.344 e. The number of amides is 2. The molecule has 1 rings (SSSR count). The third-order valence-corrected chi connectivity index (χ3v) is 3.19. The molecule has 1 aromatic carbocycles. The van der Waals surface area contributed by atoms with Crippen molar-refractivity contribution in [2.75, 3.05) is 11.1 Å². The molecule has 0 spiro atoms. The van der Waals surface area contributed by atoms with E-state index in [2.05, 4.69) is 39.2 Å². The molecular weight excluding hydrogens is 316 g/mol. The van der Waals surface area contributed by atoms with Crippen LogP contribution in [0.25, 0.3) is 0 Å². The maximum Gasteiger partial charge on any atom is 0.247 e. The number of benzene rings is 1. The highest BCUT2D eigenvalue weighted by molar-refractivity contribution is 9.10. The van der Waals surface area contributed by atoms with Gasteiger partial charge >= 0.3 is 0 Å². The normalized spacial score (nSPS) is 11.8. The molecule has 0 saturated carbocycles. The number of halogens is 1. The van der Waals surface area contributed by atoms with Gasteiger partial charge in [0.05, 0.1) is 0 Å². The molecule has 6 heteroatoms. The van der Waals surface area contributed by atoms with Crippen LogP contribution in [0.2, 0.25) is 0 Å². The van der Waals surface area contributed by atoms with Gasteiger partial charge in [0.25, 0.3) is 0 Å². The minimum absolute atomic E-state index is 0.248. The second-order valence-electron chi connectivity index (χ2n) is 3.88. The van der Waals surface area contributed by atoms with E-state index >= 15 is 0 Å². The van der Waals surface area contributed by atoms with Gasteiger partial charge in [-0.3, -0.25) is 9.59 Å². The molecule has 0 saturated heterocycles. The van der Waals surface area contributed by atoms with Crippen LogP contribution in [0.3, 0.4) is 0 Å². The van der Waals surface area contributed by atoms with Crippen LogP contribution in [-0.2, 0) is 9.59 Å². The van der Waals surface area contributed by atoms with Crippen molar-refractivity contribution in [2.45, 2.75) is 19.9 Å². The summed E-state index contributed by atoms with van der Waals surface area (Å²) in [5, 5.41) is 5.32. The molecule has 0 aromatic heterocycles. The predicted molar refractivity (Wildman–Crippen MR) is 79.0 cm³/mol. The number of hydrogen-bond acceptors (Lipinski definition) is 3. The fourth-order valence-corrected chi connectivity index (χ4v) is 2.01. The summed E-state index contributed by atoms with van der Waals surface area (Å²) in [5.74, 6) is -0.282. The molecule has 0 fully saturated rings. The van der Waals surface area contributed by atoms with Gasteiger partial charge in [-0.25, -0.2) is 0 Å². The van der Waals surface area contributed by atoms with Gasteiger partial charge in [-0.1, -0.05) is 22.0 Å². The Morgan fingerprint density at radius 3 is 2.67 bits per heavy atom. The Kier molecular flexibility index (Phi) is 5.68. The molecule has 1 unspecified atom stereocenters. The lowest BCUT2D eigenvalue weighted by atomic mass is 10.2. The molecule has 2 N–H and O–H groups in total. The number of thiol groups is 1. The highest BCUT2D eigenvalue weighted by atomic mass is 79.9. The van der Waals surface area contributed by atoms with Crippen LogP contribution in [0.1, 0.15) is 12.5 Å². The zero-order chi connectivity index (χ0) is 13.7. The quantitative estimate of drug-likeness (QED) is 0.741. The number of anilines is 1. The summed E-state index contributed by atoms with van der Waals surface area (Å²) in [5.41, 5.74) is 1.67. The number of hydrogen-bond donors (Lipinski definition) is 3. The van der Waals surface area contributed by atoms with Crippen LogP contribution < -0.4 is 10.6 Å². The van der Waals surface area contributed by atoms with Gasteiger partial charge < -0.3 is 10.6 Å². The Balaban J connectivity index is 2.79. The number of carbonyl (C=O) groups is 2. The SMILES string of the molecule is CC(=O)NC(CS)C(=O)Nc1cc(Br)ccc1C. The lowest BCUT2D eigenvalue weighted by Gasteiger charge is -2.16. The molecule has 4 nitrogen and oxygen atoms in total. The van der Waals surface area contributed by atoms with E-state index in [4.69, 9.17) is 0 Å². The van der Waals surface area contributed by atoms with Gasteiger partial charge in [0.2, 0.25) is 11.8 Å². The third-order valence-electron chi connectivity index (χ3n) is 2.33. The fourth-order valence-electron chi connectivity index (χ4n) is 1.39. The summed E-state index contributed by atoms with van der Waals surface area (Å²) in [6.45, 7) is 3.27. The fraction of sp³-hybridized carbons (Fsp3) is 0.333. The zero-order valence-electron chi connectivity index (χ0n) is 10.2. The van der Waals surface area contributed by atoms with Crippen LogP contribution in [-0.4, -0.2) is 23.6 Å². The first-order valence-electron chi connectivity index (χ1n) is 5.39. The van der Waals surface area contributed by atoms with Crippen LogP contribution in [0.4, 0.5) is 5.69 Å². The molecule has 1 aromatic rings. The van der Waals surface area contributed by atoms with E-state index < -0.39 is 6.04 Å². The molecule has 0 aliphatic rings. The highest BCUT2D eigenvalue weighted by Crippen LogP contribution is 2.20. The van der Waals surface area contributed by atoms with E-state index in [9.17, 15) is 9.59 Å². The largest absolute Gasteiger partial charge is 0.344 e. The molecular formula is C12H15BrN2O2S. The molecule has 0 radical (unpaired) electrons. The second kappa shape index (κ2) is 6.80. The van der Waals surface area contributed by atoms with Crippen molar-refractivity contribution in [3.63, 3.8) is 0 Å². The van der Waals surface area contributed by atoms with E-state index in [-0.39, 0.29) is 17.6 Å². The number of aryl methyl sites for hydroxylation is 1. The Morgan fingerprint density at radius 2 is 2.11 bits per heavy atom. The monoisotopic (exact) mass is 330 g/mol. The van der Waals surface area contributed by atoms with Crippen molar-refractivity contribution in [1.82, 2.24) is 5.32 Å². The van der Waals surface area contributed by atoms with Crippen molar-refractivity contribution >= 4 is 46.1 Å². The highest BCUT2D eigenvalue weighted by Gasteiger charge is 2.18. The van der Waals surface area contributed by atoms with Crippen LogP contribution in [0, 0.1) is 6.92 Å². The van der Waals surface area contributed by atoms with Gasteiger partial charge in [0.1, 0.15) is 6.04 Å². The lowest BCUT2D eigenvalue weighted by molar-refractivity contribution is -0.124. The Morgan fingerprint density at radius 1 is 1.44 bits per heavy atom. The molecule has 1 atom stereocenters. The van der Waals surface area contributed by atoms with E-state index in [0.29, 0.717) is 5.69 Å². The van der Waals surface area contributed by atoms with Crippen LogP contribution in [0.5, 0.6) is 0 Å². The molecule has 98 valence electrons. The molecule has 0 aliphatic carbocycles. The van der Waals surface area contributed by atoms with Gasteiger partial charge in [0.15, 0.2) is 0 Å². The number of nitrogens with one attached hydrogen (secondary N) is 2. The third kappa shape index (κ3) is 4.34. The maximum atomic E-state index is 12.0. The van der Waals surface area contributed by atoms with E-state index in [1.807, 2.05) is 25.1 Å². The van der Waals surface area contributed by atoms with Crippen molar-refractivity contribution < 1.29 is 9.59 Å². The number of carbonyl (C=O) groups excluding carboxylic acids is 2. The average Bonchev–Trinajstić information content (AvgIpc) is 2.30. The van der Waals surface area contributed by atoms with Gasteiger partial charge in [0, 0.05) is 22.8 Å². The summed E-state index contributed by atoms with van der Waals surface area (Å²) in [7, 11) is 0. The number of rotatable bonds is 4. The van der Waals surface area contributed by atoms with Crippen LogP contribution >= 0.6 is 28.6 Å². The summed E-state index contributed by atoms with van der Waals surface area (Å²) in [6, 6.07) is 4.98. The summed E-state index contributed by atoms with van der Waals surface area (Å²) in [4.78, 5) is 22.9. The first-order chi connectivity index (χ1) is 8.43. The van der Waals surface area contributed by atoms with E-state index in [1.165, 1.54) is 6.92 Å². The average molecular weight is 331 g/mol. The van der Waals surface area contributed by atoms with E-state index in [1.54, 1.807) is 0 Å². The Labute approximate surface area is 120 Å². The summed E-state index contributed by atoms with van der Waals surface area (Å²) >= 11 is 7.40. The Bertz CT molecular complexity index is 465. The molecule has 18 heavy (non-hydrogen) atoms. The smallest absolute Gasteiger partial charge is 0.247 e. The zero-order valence-corrected chi connectivity index (χ0v) is 12.6. The molecule has 0 bridgehead atoms. The van der Waals surface area contributed by atoms with Crippen molar-refractivity contribution in [3.8, 4) is 0 Å². The maximum absolute atomic E-state index is 12.0. The topological polar surface area (TPSA) is 58.2 Å². The van der Waals surface area contributed by atoms with Crippen molar-refractivity contribution in [1.29, 1.82) is 0 Å². The van der Waals surface area contributed by atoms with Crippen LogP contribution in [0.15, 0.2) is 22.7 Å². The predicted octanol–water partition coefficient (Wildman–Crippen LogP) is 2.13. The second-order valence-corrected chi connectivity index (χ2v) is 5.17. The first-order valence-corrected chi connectivity index (χ1v) is 6.81. The van der Waals surface area contributed by atoms with Gasteiger partial charge in [-0.05, 0) is 24.6 Å². The molecule has 2 amide bonds. The Hall–Kier alpha value is -1.01. The van der Waals surface area contributed by atoms with Gasteiger partial charge in [-0.15, -0.1) is 0 Å². The summed E-state index contributed by atoms with van der Waals surface area (Å²) < 4.78 is 0.880.